The Bertz CT molecular complexity index is 515. The van der Waals surface area contributed by atoms with E-state index in [-0.39, 0.29) is 5.54 Å². The molecule has 18 heavy (non-hydrogen) atoms. The molecule has 1 aliphatic rings. The van der Waals surface area contributed by atoms with E-state index < -0.39 is 0 Å². The third-order valence-corrected chi connectivity index (χ3v) is 4.70. The van der Waals surface area contributed by atoms with Gasteiger partial charge in [0.1, 0.15) is 5.01 Å². The van der Waals surface area contributed by atoms with Gasteiger partial charge < -0.3 is 5.73 Å². The first-order valence-electron chi connectivity index (χ1n) is 6.43. The lowest BCUT2D eigenvalue weighted by molar-refractivity contribution is 0.301. The van der Waals surface area contributed by atoms with Gasteiger partial charge >= 0.3 is 0 Å². The first-order valence-corrected chi connectivity index (χ1v) is 7.31. The molecule has 0 saturated heterocycles. The summed E-state index contributed by atoms with van der Waals surface area (Å²) in [5.74, 6) is 0. The molecule has 94 valence electrons. The topological polar surface area (TPSA) is 51.8 Å². The van der Waals surface area contributed by atoms with Gasteiger partial charge in [0.05, 0.1) is 11.2 Å². The largest absolute Gasteiger partial charge is 0.319 e. The van der Waals surface area contributed by atoms with E-state index in [1.165, 1.54) is 19.3 Å². The van der Waals surface area contributed by atoms with Gasteiger partial charge in [0.15, 0.2) is 0 Å². The standard InChI is InChI=1S/C14H17N3S/c15-14(6-2-1-3-7-14)13-17-12(10-18-13)11-5-4-8-16-9-11/h4-5,8-10H,1-3,6-7,15H2. The smallest absolute Gasteiger partial charge is 0.113 e. The van der Waals surface area contributed by atoms with Gasteiger partial charge in [0.2, 0.25) is 0 Å². The van der Waals surface area contributed by atoms with Crippen LogP contribution < -0.4 is 5.73 Å². The number of nitrogens with two attached hydrogens (primary N) is 1. The molecule has 2 aromatic heterocycles. The highest BCUT2D eigenvalue weighted by Gasteiger charge is 2.32. The van der Waals surface area contributed by atoms with Crippen LogP contribution in [0, 0.1) is 0 Å². The molecule has 0 unspecified atom stereocenters. The van der Waals surface area contributed by atoms with Gasteiger partial charge in [-0.2, -0.15) is 0 Å². The Morgan fingerprint density at radius 1 is 1.22 bits per heavy atom. The van der Waals surface area contributed by atoms with Crippen LogP contribution in [0.2, 0.25) is 0 Å². The molecule has 0 atom stereocenters. The molecular weight excluding hydrogens is 242 g/mol. The predicted molar refractivity (Wildman–Crippen MR) is 74.3 cm³/mol. The average Bonchev–Trinajstić information content (AvgIpc) is 2.91. The Morgan fingerprint density at radius 3 is 2.78 bits per heavy atom. The van der Waals surface area contributed by atoms with Crippen molar-refractivity contribution >= 4 is 11.3 Å². The summed E-state index contributed by atoms with van der Waals surface area (Å²) in [6.45, 7) is 0. The fraction of sp³-hybridized carbons (Fsp3) is 0.429. The van der Waals surface area contributed by atoms with Crippen LogP contribution in [0.25, 0.3) is 11.3 Å². The first kappa shape index (κ1) is 11.8. The van der Waals surface area contributed by atoms with Gasteiger partial charge in [0.25, 0.3) is 0 Å². The van der Waals surface area contributed by atoms with Crippen molar-refractivity contribution in [1.29, 1.82) is 0 Å². The van der Waals surface area contributed by atoms with E-state index >= 15 is 0 Å². The zero-order valence-corrected chi connectivity index (χ0v) is 11.1. The maximum absolute atomic E-state index is 6.50. The van der Waals surface area contributed by atoms with Crippen LogP contribution in [0.15, 0.2) is 29.9 Å². The van der Waals surface area contributed by atoms with Gasteiger partial charge in [-0.15, -0.1) is 11.3 Å². The SMILES string of the molecule is NC1(c2nc(-c3cccnc3)cs2)CCCCC1. The summed E-state index contributed by atoms with van der Waals surface area (Å²) in [6, 6.07) is 3.98. The number of hydrogen-bond donors (Lipinski definition) is 1. The summed E-state index contributed by atoms with van der Waals surface area (Å²) in [5, 5.41) is 3.18. The lowest BCUT2D eigenvalue weighted by Gasteiger charge is -2.31. The van der Waals surface area contributed by atoms with Crippen molar-refractivity contribution in [2.45, 2.75) is 37.6 Å². The van der Waals surface area contributed by atoms with E-state index in [1.807, 2.05) is 18.3 Å². The van der Waals surface area contributed by atoms with Crippen molar-refractivity contribution in [2.24, 2.45) is 5.73 Å². The van der Waals surface area contributed by atoms with E-state index in [0.717, 1.165) is 29.1 Å². The van der Waals surface area contributed by atoms with Crippen LogP contribution in [0.3, 0.4) is 0 Å². The maximum Gasteiger partial charge on any atom is 0.113 e. The van der Waals surface area contributed by atoms with E-state index in [4.69, 9.17) is 10.7 Å². The van der Waals surface area contributed by atoms with Crippen LogP contribution in [0.4, 0.5) is 0 Å². The van der Waals surface area contributed by atoms with E-state index in [2.05, 4.69) is 10.4 Å². The summed E-state index contributed by atoms with van der Waals surface area (Å²) in [4.78, 5) is 8.86. The van der Waals surface area contributed by atoms with Crippen molar-refractivity contribution in [2.75, 3.05) is 0 Å². The van der Waals surface area contributed by atoms with Crippen molar-refractivity contribution in [1.82, 2.24) is 9.97 Å². The van der Waals surface area contributed by atoms with Gasteiger partial charge in [-0.05, 0) is 25.0 Å². The molecule has 3 nitrogen and oxygen atoms in total. The van der Waals surface area contributed by atoms with Crippen LogP contribution in [0.1, 0.15) is 37.1 Å². The summed E-state index contributed by atoms with van der Waals surface area (Å²) in [6.07, 6.45) is 9.50. The molecule has 1 fully saturated rings. The highest BCUT2D eigenvalue weighted by atomic mass is 32.1. The highest BCUT2D eigenvalue weighted by molar-refractivity contribution is 7.10. The van der Waals surface area contributed by atoms with E-state index in [1.54, 1.807) is 17.5 Å². The Balaban J connectivity index is 1.89. The molecule has 2 heterocycles. The molecule has 0 amide bonds. The molecule has 0 bridgehead atoms. The fourth-order valence-corrected chi connectivity index (χ4v) is 3.55. The molecule has 0 spiro atoms. The Kier molecular flexibility index (Phi) is 3.14. The Hall–Kier alpha value is -1.26. The number of hydrogen-bond acceptors (Lipinski definition) is 4. The molecule has 1 aliphatic carbocycles. The average molecular weight is 259 g/mol. The third-order valence-electron chi connectivity index (χ3n) is 3.63. The lowest BCUT2D eigenvalue weighted by Crippen LogP contribution is -2.38. The second kappa shape index (κ2) is 4.78. The molecule has 0 radical (unpaired) electrons. The molecule has 3 rings (SSSR count). The number of rotatable bonds is 2. The summed E-state index contributed by atoms with van der Waals surface area (Å²) in [7, 11) is 0. The second-order valence-corrected chi connectivity index (χ2v) is 5.85. The van der Waals surface area contributed by atoms with Crippen molar-refractivity contribution < 1.29 is 0 Å². The normalized spacial score (nSPS) is 18.7. The number of nitrogens with zero attached hydrogens (tertiary/aromatic N) is 2. The van der Waals surface area contributed by atoms with E-state index in [9.17, 15) is 0 Å². The molecule has 2 aromatic rings. The van der Waals surface area contributed by atoms with Gasteiger partial charge in [-0.25, -0.2) is 4.98 Å². The van der Waals surface area contributed by atoms with Gasteiger partial charge in [0, 0.05) is 23.3 Å². The minimum atomic E-state index is -0.191. The Morgan fingerprint density at radius 2 is 2.06 bits per heavy atom. The minimum absolute atomic E-state index is 0.191. The third kappa shape index (κ3) is 2.18. The summed E-state index contributed by atoms with van der Waals surface area (Å²) >= 11 is 1.69. The molecule has 1 saturated carbocycles. The zero-order valence-electron chi connectivity index (χ0n) is 10.3. The van der Waals surface area contributed by atoms with Crippen LogP contribution in [0.5, 0.6) is 0 Å². The zero-order chi connectivity index (χ0) is 12.4. The quantitative estimate of drug-likeness (QED) is 0.900. The minimum Gasteiger partial charge on any atom is -0.319 e. The molecular formula is C14H17N3S. The van der Waals surface area contributed by atoms with Crippen molar-refractivity contribution in [3.8, 4) is 11.3 Å². The molecule has 0 aliphatic heterocycles. The van der Waals surface area contributed by atoms with E-state index in [0.29, 0.717) is 0 Å². The second-order valence-electron chi connectivity index (χ2n) is 5.00. The number of thiazole rings is 1. The Labute approximate surface area is 111 Å². The van der Waals surface area contributed by atoms with Crippen LogP contribution in [-0.4, -0.2) is 9.97 Å². The summed E-state index contributed by atoms with van der Waals surface area (Å²) in [5.41, 5.74) is 8.38. The summed E-state index contributed by atoms with van der Waals surface area (Å²) < 4.78 is 0. The first-order chi connectivity index (χ1) is 8.78. The molecule has 2 N–H and O–H groups in total. The molecule has 0 aromatic carbocycles. The van der Waals surface area contributed by atoms with Gasteiger partial charge in [-0.3, -0.25) is 4.98 Å². The lowest BCUT2D eigenvalue weighted by atomic mass is 9.83. The predicted octanol–water partition coefficient (Wildman–Crippen LogP) is 3.32. The number of pyridine rings is 1. The number of aromatic nitrogens is 2. The van der Waals surface area contributed by atoms with Gasteiger partial charge in [-0.1, -0.05) is 19.3 Å². The maximum atomic E-state index is 6.50. The monoisotopic (exact) mass is 259 g/mol. The van der Waals surface area contributed by atoms with Crippen molar-refractivity contribution in [3.05, 3.63) is 34.9 Å². The van der Waals surface area contributed by atoms with Crippen molar-refractivity contribution in [3.63, 3.8) is 0 Å². The highest BCUT2D eigenvalue weighted by Crippen LogP contribution is 2.37. The van der Waals surface area contributed by atoms with Crippen LogP contribution in [-0.2, 0) is 5.54 Å². The molecule has 4 heteroatoms. The fourth-order valence-electron chi connectivity index (χ4n) is 2.55. The van der Waals surface area contributed by atoms with Crippen LogP contribution >= 0.6 is 11.3 Å².